The Labute approximate surface area is 172 Å². The summed E-state index contributed by atoms with van der Waals surface area (Å²) in [5.41, 5.74) is 1.63. The van der Waals surface area contributed by atoms with E-state index in [9.17, 15) is 20.1 Å². The largest absolute Gasteiger partial charge is 0.507 e. The Hall–Kier alpha value is -2.54. The number of aromatic hydroxyl groups is 2. The van der Waals surface area contributed by atoms with E-state index in [0.29, 0.717) is 22.6 Å². The highest BCUT2D eigenvalue weighted by molar-refractivity contribution is 6.33. The highest BCUT2D eigenvalue weighted by Crippen LogP contribution is 2.44. The van der Waals surface area contributed by atoms with Crippen molar-refractivity contribution in [3.8, 4) is 22.8 Å². The Morgan fingerprint density at radius 3 is 2.69 bits per heavy atom. The van der Waals surface area contributed by atoms with Crippen LogP contribution in [0.2, 0.25) is 5.02 Å². The number of phenolic OH excluding ortho intramolecular Hbond substituents is 2. The van der Waals surface area contributed by atoms with Gasteiger partial charge in [-0.15, -0.1) is 0 Å². The monoisotopic (exact) mass is 415 g/mol. The molecule has 3 N–H and O–H groups in total. The van der Waals surface area contributed by atoms with Gasteiger partial charge in [-0.25, -0.2) is 0 Å². The van der Waals surface area contributed by atoms with Gasteiger partial charge < -0.3 is 24.6 Å². The molecule has 3 aromatic rings. The molecule has 1 aromatic heterocycles. The van der Waals surface area contributed by atoms with Crippen LogP contribution in [0.25, 0.3) is 22.3 Å². The molecule has 6 nitrogen and oxygen atoms in total. The van der Waals surface area contributed by atoms with Gasteiger partial charge in [-0.3, -0.25) is 4.79 Å². The maximum absolute atomic E-state index is 12.9. The van der Waals surface area contributed by atoms with Crippen molar-refractivity contribution < 1.29 is 19.7 Å². The van der Waals surface area contributed by atoms with Gasteiger partial charge in [-0.2, -0.15) is 0 Å². The third-order valence-electron chi connectivity index (χ3n) is 5.77. The minimum Gasteiger partial charge on any atom is -0.507 e. The minimum atomic E-state index is -0.426. The fourth-order valence-corrected chi connectivity index (χ4v) is 4.46. The molecule has 0 bridgehead atoms. The van der Waals surface area contributed by atoms with Crippen LogP contribution >= 0.6 is 11.6 Å². The highest BCUT2D eigenvalue weighted by atomic mass is 35.5. The van der Waals surface area contributed by atoms with Crippen molar-refractivity contribution in [2.75, 3.05) is 20.2 Å². The average molecular weight is 416 g/mol. The van der Waals surface area contributed by atoms with E-state index < -0.39 is 5.43 Å². The standard InChI is InChI=1S/C22H22ClNO5/c1-11-3-4-14(23)13(7-11)19-9-18(28)21-17(27)8-16(26)20(22(21)29-19)12-5-6-24(2)15(12)10-25/h3-4,7-9,12,15,25-27H,5-6,10H2,1-2H3/t12-,15+/m1/s1. The molecule has 0 saturated carbocycles. The molecule has 1 aliphatic rings. The molecule has 0 spiro atoms. The van der Waals surface area contributed by atoms with E-state index in [2.05, 4.69) is 0 Å². The zero-order chi connectivity index (χ0) is 20.9. The molecule has 0 aliphatic carbocycles. The van der Waals surface area contributed by atoms with Crippen LogP contribution < -0.4 is 5.43 Å². The van der Waals surface area contributed by atoms with E-state index in [0.717, 1.165) is 12.1 Å². The van der Waals surface area contributed by atoms with Crippen molar-refractivity contribution in [2.24, 2.45) is 0 Å². The number of nitrogens with zero attached hydrogens (tertiary/aromatic N) is 1. The lowest BCUT2D eigenvalue weighted by atomic mass is 9.89. The molecule has 0 amide bonds. The van der Waals surface area contributed by atoms with E-state index in [4.69, 9.17) is 16.0 Å². The van der Waals surface area contributed by atoms with Crippen LogP contribution in [0, 0.1) is 6.92 Å². The predicted octanol–water partition coefficient (Wildman–Crippen LogP) is 3.61. The van der Waals surface area contributed by atoms with Crippen molar-refractivity contribution in [2.45, 2.75) is 25.3 Å². The summed E-state index contributed by atoms with van der Waals surface area (Å²) in [5.74, 6) is -0.498. The number of aryl methyl sites for hydroxylation is 1. The lowest BCUT2D eigenvalue weighted by Crippen LogP contribution is -2.32. The topological polar surface area (TPSA) is 94.1 Å². The molecule has 1 fully saturated rings. The van der Waals surface area contributed by atoms with Crippen molar-refractivity contribution in [1.82, 2.24) is 4.90 Å². The SMILES string of the molecule is Cc1ccc(Cl)c(-c2cc(=O)c3c(O)cc(O)c([C@@H]4CCN(C)[C@H]4CO)c3o2)c1. The van der Waals surface area contributed by atoms with Gasteiger partial charge in [0, 0.05) is 35.2 Å². The number of benzene rings is 2. The van der Waals surface area contributed by atoms with Gasteiger partial charge in [0.2, 0.25) is 0 Å². The molecule has 1 aliphatic heterocycles. The van der Waals surface area contributed by atoms with Gasteiger partial charge >= 0.3 is 0 Å². The summed E-state index contributed by atoms with van der Waals surface area (Å²) in [6.45, 7) is 2.53. The minimum absolute atomic E-state index is 0.0107. The lowest BCUT2D eigenvalue weighted by molar-refractivity contribution is 0.172. The van der Waals surface area contributed by atoms with Crippen molar-refractivity contribution in [1.29, 1.82) is 0 Å². The normalized spacial score (nSPS) is 19.9. The van der Waals surface area contributed by atoms with Gasteiger partial charge in [-0.1, -0.05) is 23.2 Å². The summed E-state index contributed by atoms with van der Waals surface area (Å²) >= 11 is 6.33. The van der Waals surface area contributed by atoms with Crippen molar-refractivity contribution >= 4 is 22.6 Å². The Bertz CT molecular complexity index is 1160. The number of hydrogen-bond donors (Lipinski definition) is 3. The quantitative estimate of drug-likeness (QED) is 0.605. The molecular formula is C22H22ClNO5. The number of fused-ring (bicyclic) bond motifs is 1. The molecule has 7 heteroatoms. The highest BCUT2D eigenvalue weighted by Gasteiger charge is 2.36. The zero-order valence-corrected chi connectivity index (χ0v) is 16.9. The number of aliphatic hydroxyl groups is 1. The molecule has 2 atom stereocenters. The van der Waals surface area contributed by atoms with Crippen LogP contribution in [0.4, 0.5) is 0 Å². The molecule has 1 saturated heterocycles. The molecule has 29 heavy (non-hydrogen) atoms. The van der Waals surface area contributed by atoms with Gasteiger partial charge in [0.05, 0.1) is 11.6 Å². The van der Waals surface area contributed by atoms with E-state index in [-0.39, 0.29) is 46.8 Å². The summed E-state index contributed by atoms with van der Waals surface area (Å²) < 4.78 is 6.09. The second-order valence-electron chi connectivity index (χ2n) is 7.62. The van der Waals surface area contributed by atoms with Crippen LogP contribution in [0.5, 0.6) is 11.5 Å². The first kappa shape index (κ1) is 19.8. The fourth-order valence-electron chi connectivity index (χ4n) is 4.25. The second kappa shape index (κ2) is 7.37. The number of hydrogen-bond acceptors (Lipinski definition) is 6. The average Bonchev–Trinajstić information content (AvgIpc) is 3.03. The zero-order valence-electron chi connectivity index (χ0n) is 16.1. The molecule has 0 unspecified atom stereocenters. The van der Waals surface area contributed by atoms with Crippen LogP contribution in [0.3, 0.4) is 0 Å². The summed E-state index contributed by atoms with van der Waals surface area (Å²) in [6.07, 6.45) is 0.675. The summed E-state index contributed by atoms with van der Waals surface area (Å²) in [5, 5.41) is 31.3. The van der Waals surface area contributed by atoms with Crippen LogP contribution in [0.1, 0.15) is 23.5 Å². The Kier molecular flexibility index (Phi) is 5.02. The molecule has 2 heterocycles. The summed E-state index contributed by atoms with van der Waals surface area (Å²) in [6, 6.07) is 7.63. The van der Waals surface area contributed by atoms with E-state index in [1.165, 1.54) is 12.1 Å². The number of rotatable bonds is 3. The first-order valence-corrected chi connectivity index (χ1v) is 9.80. The van der Waals surface area contributed by atoms with Crippen LogP contribution in [0.15, 0.2) is 39.5 Å². The third kappa shape index (κ3) is 3.27. The maximum Gasteiger partial charge on any atom is 0.197 e. The Morgan fingerprint density at radius 1 is 1.21 bits per heavy atom. The van der Waals surface area contributed by atoms with Crippen molar-refractivity contribution in [3.63, 3.8) is 0 Å². The summed E-state index contributed by atoms with van der Waals surface area (Å²) in [7, 11) is 1.90. The summed E-state index contributed by atoms with van der Waals surface area (Å²) in [4.78, 5) is 14.9. The second-order valence-corrected chi connectivity index (χ2v) is 8.02. The first-order valence-electron chi connectivity index (χ1n) is 9.42. The Balaban J connectivity index is 2.03. The molecule has 0 radical (unpaired) electrons. The maximum atomic E-state index is 12.9. The number of aliphatic hydroxyl groups excluding tert-OH is 1. The molecule has 4 rings (SSSR count). The van der Waals surface area contributed by atoms with Crippen molar-refractivity contribution in [3.05, 3.63) is 56.7 Å². The fraction of sp³-hybridized carbons (Fsp3) is 0.318. The first-order chi connectivity index (χ1) is 13.8. The smallest absolute Gasteiger partial charge is 0.197 e. The van der Waals surface area contributed by atoms with Crippen LogP contribution in [-0.2, 0) is 0 Å². The number of likely N-dealkylation sites (N-methyl/N-ethyl adjacent to an activating group) is 1. The number of phenols is 2. The van der Waals surface area contributed by atoms with E-state index in [1.54, 1.807) is 6.07 Å². The van der Waals surface area contributed by atoms with E-state index in [1.807, 2.05) is 31.0 Å². The van der Waals surface area contributed by atoms with E-state index >= 15 is 0 Å². The van der Waals surface area contributed by atoms with Gasteiger partial charge in [-0.05, 0) is 39.1 Å². The Morgan fingerprint density at radius 2 is 1.97 bits per heavy atom. The van der Waals surface area contributed by atoms with Gasteiger partial charge in [0.1, 0.15) is 28.2 Å². The molecular weight excluding hydrogens is 394 g/mol. The van der Waals surface area contributed by atoms with Gasteiger partial charge in [0.15, 0.2) is 5.43 Å². The molecule has 2 aromatic carbocycles. The number of halogens is 1. The van der Waals surface area contributed by atoms with Gasteiger partial charge in [0.25, 0.3) is 0 Å². The number of likely N-dealkylation sites (tertiary alicyclic amines) is 1. The molecule has 152 valence electrons. The van der Waals surface area contributed by atoms with Crippen LogP contribution in [-0.4, -0.2) is 46.5 Å². The predicted molar refractivity (Wildman–Crippen MR) is 112 cm³/mol. The lowest BCUT2D eigenvalue weighted by Gasteiger charge is -2.24. The third-order valence-corrected chi connectivity index (χ3v) is 6.10.